The van der Waals surface area contributed by atoms with Crippen LogP contribution in [-0.2, 0) is 22.2 Å². The molecule has 1 atom stereocenters. The van der Waals surface area contributed by atoms with Gasteiger partial charge in [0.1, 0.15) is 0 Å². The average Bonchev–Trinajstić information content (AvgIpc) is 2.92. The van der Waals surface area contributed by atoms with E-state index in [4.69, 9.17) is 5.11 Å². The summed E-state index contributed by atoms with van der Waals surface area (Å²) in [6, 6.07) is 10.7. The minimum atomic E-state index is -3.21. The van der Waals surface area contributed by atoms with Crippen molar-refractivity contribution in [1.82, 2.24) is 0 Å². The molecule has 0 amide bonds. The standard InChI is InChI=1S/C14H16O3S2/c1-11(14-3-2-8-18-14)19(16,17)10-13-6-4-12(9-15)5-7-13/h2-8,11,15H,9-10H2,1H3. The predicted octanol–water partition coefficient (Wildman–Crippen LogP) is 2.92. The van der Waals surface area contributed by atoms with E-state index < -0.39 is 15.1 Å². The van der Waals surface area contributed by atoms with Crippen molar-refractivity contribution in [3.63, 3.8) is 0 Å². The predicted molar refractivity (Wildman–Crippen MR) is 77.7 cm³/mol. The summed E-state index contributed by atoms with van der Waals surface area (Å²) in [5.41, 5.74) is 1.54. The fraction of sp³-hybridized carbons (Fsp3) is 0.286. The Balaban J connectivity index is 2.16. The van der Waals surface area contributed by atoms with Crippen molar-refractivity contribution in [2.24, 2.45) is 0 Å². The fourth-order valence-corrected chi connectivity index (χ4v) is 4.41. The van der Waals surface area contributed by atoms with Gasteiger partial charge >= 0.3 is 0 Å². The fourth-order valence-electron chi connectivity index (χ4n) is 1.80. The Morgan fingerprint density at radius 3 is 2.32 bits per heavy atom. The molecule has 1 aromatic heterocycles. The second-order valence-corrected chi connectivity index (χ2v) is 7.74. The monoisotopic (exact) mass is 296 g/mol. The molecule has 0 radical (unpaired) electrons. The van der Waals surface area contributed by atoms with Crippen LogP contribution in [0.25, 0.3) is 0 Å². The van der Waals surface area contributed by atoms with E-state index in [1.165, 1.54) is 11.3 Å². The summed E-state index contributed by atoms with van der Waals surface area (Å²) in [4.78, 5) is 0.868. The molecule has 1 unspecified atom stereocenters. The van der Waals surface area contributed by atoms with Crippen LogP contribution in [0.4, 0.5) is 0 Å². The maximum absolute atomic E-state index is 12.3. The van der Waals surface area contributed by atoms with E-state index in [0.29, 0.717) is 0 Å². The topological polar surface area (TPSA) is 54.4 Å². The summed E-state index contributed by atoms with van der Waals surface area (Å²) >= 11 is 1.46. The van der Waals surface area contributed by atoms with Crippen LogP contribution in [-0.4, -0.2) is 13.5 Å². The zero-order valence-electron chi connectivity index (χ0n) is 10.6. The molecule has 1 aromatic carbocycles. The van der Waals surface area contributed by atoms with Gasteiger partial charge in [-0.15, -0.1) is 11.3 Å². The van der Waals surface area contributed by atoms with E-state index in [1.807, 2.05) is 17.5 Å². The van der Waals surface area contributed by atoms with Gasteiger partial charge < -0.3 is 5.11 Å². The van der Waals surface area contributed by atoms with Gasteiger partial charge in [0.05, 0.1) is 17.6 Å². The third kappa shape index (κ3) is 3.43. The largest absolute Gasteiger partial charge is 0.392 e. The molecule has 0 aliphatic heterocycles. The van der Waals surface area contributed by atoms with Crippen LogP contribution in [0.3, 0.4) is 0 Å². The van der Waals surface area contributed by atoms with Gasteiger partial charge in [-0.1, -0.05) is 30.3 Å². The molecule has 0 saturated heterocycles. The Hall–Kier alpha value is -1.17. The summed E-state index contributed by atoms with van der Waals surface area (Å²) in [6.45, 7) is 1.70. The first-order chi connectivity index (χ1) is 9.03. The first-order valence-corrected chi connectivity index (χ1v) is 8.56. The van der Waals surface area contributed by atoms with Crippen molar-refractivity contribution < 1.29 is 13.5 Å². The van der Waals surface area contributed by atoms with E-state index >= 15 is 0 Å². The van der Waals surface area contributed by atoms with Crippen LogP contribution in [0.1, 0.15) is 28.2 Å². The van der Waals surface area contributed by atoms with Crippen LogP contribution in [0, 0.1) is 0 Å². The van der Waals surface area contributed by atoms with Gasteiger partial charge in [-0.3, -0.25) is 0 Å². The Kier molecular flexibility index (Phi) is 4.39. The minimum Gasteiger partial charge on any atom is -0.392 e. The lowest BCUT2D eigenvalue weighted by Gasteiger charge is -2.11. The lowest BCUT2D eigenvalue weighted by molar-refractivity contribution is 0.282. The Morgan fingerprint density at radius 2 is 1.79 bits per heavy atom. The molecule has 19 heavy (non-hydrogen) atoms. The number of benzene rings is 1. The molecule has 0 aliphatic carbocycles. The first-order valence-electron chi connectivity index (χ1n) is 5.96. The van der Waals surface area contributed by atoms with Gasteiger partial charge in [-0.05, 0) is 29.5 Å². The molecule has 2 aromatic rings. The molecule has 5 heteroatoms. The maximum atomic E-state index is 12.3. The van der Waals surface area contributed by atoms with Crippen molar-refractivity contribution in [1.29, 1.82) is 0 Å². The number of aliphatic hydroxyl groups is 1. The van der Waals surface area contributed by atoms with Crippen molar-refractivity contribution in [3.05, 3.63) is 57.8 Å². The van der Waals surface area contributed by atoms with Crippen LogP contribution in [0.5, 0.6) is 0 Å². The molecule has 1 N–H and O–H groups in total. The molecule has 3 nitrogen and oxygen atoms in total. The second-order valence-electron chi connectivity index (χ2n) is 4.44. The Labute approximate surface area is 117 Å². The van der Waals surface area contributed by atoms with Crippen LogP contribution >= 0.6 is 11.3 Å². The summed E-state index contributed by atoms with van der Waals surface area (Å²) in [6.07, 6.45) is 0. The van der Waals surface area contributed by atoms with Gasteiger partial charge in [-0.2, -0.15) is 0 Å². The number of aliphatic hydroxyl groups excluding tert-OH is 1. The summed E-state index contributed by atoms with van der Waals surface area (Å²) in [7, 11) is -3.21. The molecule has 0 saturated carbocycles. The molecule has 1 heterocycles. The van der Waals surface area contributed by atoms with E-state index in [2.05, 4.69) is 0 Å². The van der Waals surface area contributed by atoms with Gasteiger partial charge in [0.15, 0.2) is 9.84 Å². The summed E-state index contributed by atoms with van der Waals surface area (Å²) in [5, 5.41) is 10.4. The summed E-state index contributed by atoms with van der Waals surface area (Å²) < 4.78 is 24.6. The number of hydrogen-bond donors (Lipinski definition) is 1. The highest BCUT2D eigenvalue weighted by atomic mass is 32.2. The zero-order valence-corrected chi connectivity index (χ0v) is 12.2. The van der Waals surface area contributed by atoms with Gasteiger partial charge in [-0.25, -0.2) is 8.42 Å². The lowest BCUT2D eigenvalue weighted by atomic mass is 10.2. The highest BCUT2D eigenvalue weighted by Gasteiger charge is 2.23. The van der Waals surface area contributed by atoms with Crippen LogP contribution in [0.15, 0.2) is 41.8 Å². The third-order valence-corrected chi connectivity index (χ3v) is 6.33. The van der Waals surface area contributed by atoms with Crippen molar-refractivity contribution in [3.8, 4) is 0 Å². The second kappa shape index (κ2) is 5.86. The van der Waals surface area contributed by atoms with Gasteiger partial charge in [0.2, 0.25) is 0 Å². The van der Waals surface area contributed by atoms with Crippen LogP contribution in [0.2, 0.25) is 0 Å². The van der Waals surface area contributed by atoms with E-state index in [1.54, 1.807) is 31.2 Å². The Bertz CT molecular complexity index is 613. The normalized spacial score (nSPS) is 13.4. The van der Waals surface area contributed by atoms with Crippen molar-refractivity contribution >= 4 is 21.2 Å². The van der Waals surface area contributed by atoms with Gasteiger partial charge in [0.25, 0.3) is 0 Å². The molecule has 0 bridgehead atoms. The molecular weight excluding hydrogens is 280 g/mol. The molecular formula is C14H16O3S2. The highest BCUT2D eigenvalue weighted by Crippen LogP contribution is 2.28. The van der Waals surface area contributed by atoms with Crippen molar-refractivity contribution in [2.45, 2.75) is 24.5 Å². The summed E-state index contributed by atoms with van der Waals surface area (Å²) in [5.74, 6) is 0.0256. The zero-order chi connectivity index (χ0) is 13.9. The first kappa shape index (κ1) is 14.2. The van der Waals surface area contributed by atoms with E-state index in [9.17, 15) is 8.42 Å². The molecule has 0 spiro atoms. The maximum Gasteiger partial charge on any atom is 0.161 e. The molecule has 102 valence electrons. The van der Waals surface area contributed by atoms with E-state index in [-0.39, 0.29) is 12.4 Å². The Morgan fingerprint density at radius 1 is 1.16 bits per heavy atom. The van der Waals surface area contributed by atoms with E-state index in [0.717, 1.165) is 16.0 Å². The van der Waals surface area contributed by atoms with Crippen molar-refractivity contribution in [2.75, 3.05) is 0 Å². The third-order valence-electron chi connectivity index (χ3n) is 3.06. The SMILES string of the molecule is CC(c1cccs1)S(=O)(=O)Cc1ccc(CO)cc1. The lowest BCUT2D eigenvalue weighted by Crippen LogP contribution is -2.11. The smallest absolute Gasteiger partial charge is 0.161 e. The number of sulfone groups is 1. The molecule has 2 rings (SSSR count). The minimum absolute atomic E-state index is 0.0256. The van der Waals surface area contributed by atoms with Gasteiger partial charge in [0, 0.05) is 4.88 Å². The molecule has 0 aliphatic rings. The number of rotatable bonds is 5. The molecule has 0 fully saturated rings. The quantitative estimate of drug-likeness (QED) is 0.923. The average molecular weight is 296 g/mol. The number of thiophene rings is 1. The highest BCUT2D eigenvalue weighted by molar-refractivity contribution is 7.91. The van der Waals surface area contributed by atoms with Crippen LogP contribution < -0.4 is 0 Å². The number of hydrogen-bond acceptors (Lipinski definition) is 4.